The van der Waals surface area contributed by atoms with Crippen LogP contribution in [0.1, 0.15) is 16.8 Å². The molecule has 1 fully saturated rings. The molecule has 1 N–H and O–H groups in total. The van der Waals surface area contributed by atoms with Gasteiger partial charge in [-0.15, -0.1) is 0 Å². The number of rotatable bonds is 4. The summed E-state index contributed by atoms with van der Waals surface area (Å²) in [6.45, 7) is 0.857. The number of carbonyl (C=O) groups excluding carboxylic acids is 2. The lowest BCUT2D eigenvalue weighted by atomic mass is 10.1. The summed E-state index contributed by atoms with van der Waals surface area (Å²) < 4.78 is 5.20. The molecule has 4 rings (SSSR count). The molecule has 6 nitrogen and oxygen atoms in total. The average molecular weight is 362 g/mol. The highest BCUT2D eigenvalue weighted by Crippen LogP contribution is 2.24. The van der Waals surface area contributed by atoms with Crippen LogP contribution in [0.25, 0.3) is 11.0 Å². The minimum absolute atomic E-state index is 0.00541. The minimum Gasteiger partial charge on any atom is -0.422 e. The third kappa shape index (κ3) is 3.46. The van der Waals surface area contributed by atoms with E-state index >= 15 is 0 Å². The van der Waals surface area contributed by atoms with Gasteiger partial charge in [-0.1, -0.05) is 36.4 Å². The van der Waals surface area contributed by atoms with E-state index in [1.165, 1.54) is 6.07 Å². The molecule has 2 aromatic carbocycles. The Morgan fingerprint density at radius 1 is 1.07 bits per heavy atom. The van der Waals surface area contributed by atoms with Crippen molar-refractivity contribution in [1.82, 2.24) is 5.32 Å². The largest absolute Gasteiger partial charge is 0.422 e. The monoisotopic (exact) mass is 362 g/mol. The summed E-state index contributed by atoms with van der Waals surface area (Å²) in [5.41, 5.74) is 0.600. The van der Waals surface area contributed by atoms with Gasteiger partial charge in [-0.2, -0.15) is 0 Å². The number of hydrogen-bond acceptors (Lipinski definition) is 4. The van der Waals surface area contributed by atoms with Gasteiger partial charge in [0, 0.05) is 36.5 Å². The first-order valence-corrected chi connectivity index (χ1v) is 8.78. The summed E-state index contributed by atoms with van der Waals surface area (Å²) in [7, 11) is 0. The summed E-state index contributed by atoms with van der Waals surface area (Å²) in [4.78, 5) is 38.5. The van der Waals surface area contributed by atoms with Gasteiger partial charge in [-0.25, -0.2) is 4.79 Å². The van der Waals surface area contributed by atoms with Crippen LogP contribution in [0.5, 0.6) is 0 Å². The molecule has 1 atom stereocenters. The first-order chi connectivity index (χ1) is 13.1. The Morgan fingerprint density at radius 3 is 2.63 bits per heavy atom. The number of hydrogen-bond donors (Lipinski definition) is 1. The second kappa shape index (κ2) is 7.07. The fourth-order valence-electron chi connectivity index (χ4n) is 3.33. The Bertz CT molecular complexity index is 1060. The van der Waals surface area contributed by atoms with E-state index in [-0.39, 0.29) is 17.4 Å². The average Bonchev–Trinajstić information content (AvgIpc) is 3.07. The first-order valence-electron chi connectivity index (χ1n) is 8.78. The Morgan fingerprint density at radius 2 is 1.81 bits per heavy atom. The number of benzene rings is 2. The standard InChI is InChI=1S/C21H18N2O4/c24-19-10-14(13-23(19)16-7-2-1-3-8-16)12-22-20(25)17-11-15-6-4-5-9-18(15)27-21(17)26/h1-9,11,14H,10,12-13H2,(H,22,25). The third-order valence-corrected chi connectivity index (χ3v) is 4.71. The number of nitrogens with one attached hydrogen (secondary N) is 1. The minimum atomic E-state index is -0.667. The molecule has 136 valence electrons. The maximum absolute atomic E-state index is 12.4. The van der Waals surface area contributed by atoms with E-state index in [0.717, 1.165) is 5.69 Å². The predicted octanol–water partition coefficient (Wildman–Crippen LogP) is 2.58. The lowest BCUT2D eigenvalue weighted by molar-refractivity contribution is -0.117. The van der Waals surface area contributed by atoms with Crippen LogP contribution in [0.2, 0.25) is 0 Å². The molecule has 2 amide bonds. The van der Waals surface area contributed by atoms with Crippen molar-refractivity contribution in [3.63, 3.8) is 0 Å². The van der Waals surface area contributed by atoms with Gasteiger partial charge in [0.05, 0.1) is 0 Å². The zero-order valence-electron chi connectivity index (χ0n) is 14.6. The molecule has 1 unspecified atom stereocenters. The van der Waals surface area contributed by atoms with E-state index in [4.69, 9.17) is 4.42 Å². The van der Waals surface area contributed by atoms with E-state index < -0.39 is 11.5 Å². The third-order valence-electron chi connectivity index (χ3n) is 4.71. The molecule has 0 bridgehead atoms. The Hall–Kier alpha value is -3.41. The second-order valence-electron chi connectivity index (χ2n) is 6.61. The summed E-state index contributed by atoms with van der Waals surface area (Å²) in [6, 6.07) is 18.0. The van der Waals surface area contributed by atoms with Crippen molar-refractivity contribution < 1.29 is 14.0 Å². The van der Waals surface area contributed by atoms with Gasteiger partial charge >= 0.3 is 5.63 Å². The van der Waals surface area contributed by atoms with Crippen molar-refractivity contribution in [2.45, 2.75) is 6.42 Å². The molecule has 0 saturated carbocycles. The van der Waals surface area contributed by atoms with Crippen molar-refractivity contribution >= 4 is 28.5 Å². The van der Waals surface area contributed by atoms with Crippen LogP contribution in [-0.2, 0) is 4.79 Å². The maximum Gasteiger partial charge on any atom is 0.349 e. The zero-order valence-corrected chi connectivity index (χ0v) is 14.6. The topological polar surface area (TPSA) is 79.6 Å². The molecule has 27 heavy (non-hydrogen) atoms. The van der Waals surface area contributed by atoms with Gasteiger partial charge in [0.15, 0.2) is 0 Å². The second-order valence-corrected chi connectivity index (χ2v) is 6.61. The van der Waals surface area contributed by atoms with Crippen LogP contribution in [0.3, 0.4) is 0 Å². The van der Waals surface area contributed by atoms with Crippen molar-refractivity contribution in [3.8, 4) is 0 Å². The number of nitrogens with zero attached hydrogens (tertiary/aromatic N) is 1. The van der Waals surface area contributed by atoms with Crippen molar-refractivity contribution in [2.75, 3.05) is 18.0 Å². The molecule has 1 aliphatic heterocycles. The fraction of sp³-hybridized carbons (Fsp3) is 0.190. The van der Waals surface area contributed by atoms with Crippen LogP contribution in [0.15, 0.2) is 69.9 Å². The summed E-state index contributed by atoms with van der Waals surface area (Å²) >= 11 is 0. The first kappa shape index (κ1) is 17.0. The molecule has 0 spiro atoms. The molecule has 1 aromatic heterocycles. The van der Waals surface area contributed by atoms with Gasteiger partial charge in [0.25, 0.3) is 5.91 Å². The molecule has 0 aliphatic carbocycles. The Balaban J connectivity index is 1.43. The van der Waals surface area contributed by atoms with Gasteiger partial charge < -0.3 is 14.6 Å². The molecule has 6 heteroatoms. The highest BCUT2D eigenvalue weighted by molar-refractivity contribution is 5.97. The molecule has 3 aromatic rings. The van der Waals surface area contributed by atoms with E-state index in [1.807, 2.05) is 36.4 Å². The number of carbonyl (C=O) groups is 2. The number of anilines is 1. The Kier molecular flexibility index (Phi) is 4.46. The summed E-state index contributed by atoms with van der Waals surface area (Å²) in [5.74, 6) is -0.458. The number of fused-ring (bicyclic) bond motifs is 1. The van der Waals surface area contributed by atoms with Crippen LogP contribution >= 0.6 is 0 Å². The number of para-hydroxylation sites is 2. The SMILES string of the molecule is O=C(NCC1CC(=O)N(c2ccccc2)C1)c1cc2ccccc2oc1=O. The zero-order chi connectivity index (χ0) is 18.8. The lowest BCUT2D eigenvalue weighted by Gasteiger charge is -2.16. The van der Waals surface area contributed by atoms with Crippen molar-refractivity contribution in [2.24, 2.45) is 5.92 Å². The highest BCUT2D eigenvalue weighted by atomic mass is 16.4. The van der Waals surface area contributed by atoms with E-state index in [0.29, 0.717) is 30.5 Å². The van der Waals surface area contributed by atoms with E-state index in [9.17, 15) is 14.4 Å². The Labute approximate surface area is 155 Å². The predicted molar refractivity (Wildman–Crippen MR) is 102 cm³/mol. The summed E-state index contributed by atoms with van der Waals surface area (Å²) in [5, 5.41) is 3.45. The van der Waals surface area contributed by atoms with Gasteiger partial charge in [-0.05, 0) is 24.3 Å². The normalized spacial score (nSPS) is 16.7. The van der Waals surface area contributed by atoms with E-state index in [2.05, 4.69) is 5.32 Å². The molecule has 2 heterocycles. The molecular weight excluding hydrogens is 344 g/mol. The van der Waals surface area contributed by atoms with Crippen LogP contribution in [0.4, 0.5) is 5.69 Å². The smallest absolute Gasteiger partial charge is 0.349 e. The van der Waals surface area contributed by atoms with Crippen LogP contribution < -0.4 is 15.8 Å². The maximum atomic E-state index is 12.4. The highest BCUT2D eigenvalue weighted by Gasteiger charge is 2.30. The van der Waals surface area contributed by atoms with E-state index in [1.54, 1.807) is 23.1 Å². The van der Waals surface area contributed by atoms with Crippen LogP contribution in [-0.4, -0.2) is 24.9 Å². The van der Waals surface area contributed by atoms with Crippen molar-refractivity contribution in [1.29, 1.82) is 0 Å². The summed E-state index contributed by atoms with van der Waals surface area (Å²) in [6.07, 6.45) is 0.363. The molecule has 1 saturated heterocycles. The van der Waals surface area contributed by atoms with Crippen LogP contribution in [0, 0.1) is 5.92 Å². The molecule has 1 aliphatic rings. The molecular formula is C21H18N2O4. The van der Waals surface area contributed by atoms with Gasteiger partial charge in [0.2, 0.25) is 5.91 Å². The van der Waals surface area contributed by atoms with Gasteiger partial charge in [-0.3, -0.25) is 9.59 Å². The van der Waals surface area contributed by atoms with Gasteiger partial charge in [0.1, 0.15) is 11.1 Å². The quantitative estimate of drug-likeness (QED) is 0.724. The lowest BCUT2D eigenvalue weighted by Crippen LogP contribution is -2.33. The fourth-order valence-corrected chi connectivity index (χ4v) is 3.33. The number of amides is 2. The molecule has 0 radical (unpaired) electrons. The van der Waals surface area contributed by atoms with Crippen molar-refractivity contribution in [3.05, 3.63) is 76.6 Å².